The highest BCUT2D eigenvalue weighted by atomic mass is 32.2. The summed E-state index contributed by atoms with van der Waals surface area (Å²) in [5.41, 5.74) is 0.621. The molecule has 2 atom stereocenters. The van der Waals surface area contributed by atoms with Crippen LogP contribution in [0.15, 0.2) is 18.3 Å². The van der Waals surface area contributed by atoms with Crippen LogP contribution in [0.3, 0.4) is 0 Å². The summed E-state index contributed by atoms with van der Waals surface area (Å²) in [7, 11) is 1.78. The Morgan fingerprint density at radius 3 is 2.95 bits per heavy atom. The van der Waals surface area contributed by atoms with Crippen molar-refractivity contribution in [2.75, 3.05) is 18.6 Å². The summed E-state index contributed by atoms with van der Waals surface area (Å²) < 4.78 is 0. The summed E-state index contributed by atoms with van der Waals surface area (Å²) >= 11 is 1.86. The van der Waals surface area contributed by atoms with Crippen LogP contribution in [0.25, 0.3) is 0 Å². The van der Waals surface area contributed by atoms with Crippen LogP contribution in [0.5, 0.6) is 0 Å². The molecule has 1 heterocycles. The fourth-order valence-electron chi connectivity index (χ4n) is 2.58. The molecule has 2 unspecified atom stereocenters. The molecule has 19 heavy (non-hydrogen) atoms. The third-order valence-electron chi connectivity index (χ3n) is 3.61. The fraction of sp³-hybridized carbons (Fsp3) is 0.571. The number of thioether (sulfide) groups is 1. The fourth-order valence-corrected chi connectivity index (χ4v) is 3.51. The summed E-state index contributed by atoms with van der Waals surface area (Å²) in [5.74, 6) is 0.611. The Hall–Kier alpha value is -1.23. The van der Waals surface area contributed by atoms with E-state index in [1.165, 1.54) is 19.3 Å². The minimum Gasteiger partial charge on any atom is -0.372 e. The second-order valence-corrected chi connectivity index (χ2v) is 5.87. The Bertz CT molecular complexity index is 438. The third kappa shape index (κ3) is 3.41. The predicted octanol–water partition coefficient (Wildman–Crippen LogP) is 2.53. The van der Waals surface area contributed by atoms with Gasteiger partial charge in [0, 0.05) is 24.5 Å². The summed E-state index contributed by atoms with van der Waals surface area (Å²) in [6, 6.07) is 3.88. The first-order chi connectivity index (χ1) is 9.26. The van der Waals surface area contributed by atoms with Gasteiger partial charge in [-0.25, -0.2) is 4.98 Å². The van der Waals surface area contributed by atoms with Crippen molar-refractivity contribution in [2.24, 2.45) is 0 Å². The first kappa shape index (κ1) is 14.2. The number of amides is 1. The number of nitrogens with zero attached hydrogens (tertiary/aromatic N) is 1. The third-order valence-corrected chi connectivity index (χ3v) is 4.78. The van der Waals surface area contributed by atoms with Crippen molar-refractivity contribution in [3.63, 3.8) is 0 Å². The van der Waals surface area contributed by atoms with Gasteiger partial charge in [0.1, 0.15) is 5.82 Å². The lowest BCUT2D eigenvalue weighted by molar-refractivity contribution is 0.0930. The lowest BCUT2D eigenvalue weighted by Crippen LogP contribution is -2.43. The van der Waals surface area contributed by atoms with E-state index in [9.17, 15) is 4.79 Å². The Labute approximate surface area is 118 Å². The molecule has 0 spiro atoms. The lowest BCUT2D eigenvalue weighted by atomic mass is 9.94. The van der Waals surface area contributed by atoms with Crippen LogP contribution >= 0.6 is 11.8 Å². The van der Waals surface area contributed by atoms with E-state index < -0.39 is 0 Å². The van der Waals surface area contributed by atoms with E-state index in [4.69, 9.17) is 0 Å². The van der Waals surface area contributed by atoms with Gasteiger partial charge in [0.2, 0.25) is 0 Å². The molecule has 1 amide bonds. The smallest absolute Gasteiger partial charge is 0.255 e. The Kier molecular flexibility index (Phi) is 5.07. The highest BCUT2D eigenvalue weighted by Gasteiger charge is 2.26. The van der Waals surface area contributed by atoms with Crippen LogP contribution in [0.4, 0.5) is 5.82 Å². The molecule has 2 N–H and O–H groups in total. The minimum atomic E-state index is -0.0246. The van der Waals surface area contributed by atoms with E-state index in [2.05, 4.69) is 21.9 Å². The number of aromatic nitrogens is 1. The van der Waals surface area contributed by atoms with Gasteiger partial charge in [-0.3, -0.25) is 4.79 Å². The summed E-state index contributed by atoms with van der Waals surface area (Å²) in [6.45, 7) is 0. The zero-order chi connectivity index (χ0) is 13.7. The maximum Gasteiger partial charge on any atom is 0.255 e. The average molecular weight is 279 g/mol. The van der Waals surface area contributed by atoms with Crippen molar-refractivity contribution in [3.8, 4) is 0 Å². The van der Waals surface area contributed by atoms with Crippen molar-refractivity contribution in [3.05, 3.63) is 23.9 Å². The molecular weight excluding hydrogens is 258 g/mol. The molecule has 0 bridgehead atoms. The predicted molar refractivity (Wildman–Crippen MR) is 80.8 cm³/mol. The maximum absolute atomic E-state index is 12.4. The number of rotatable bonds is 4. The summed E-state index contributed by atoms with van der Waals surface area (Å²) in [4.78, 5) is 16.5. The lowest BCUT2D eigenvalue weighted by Gasteiger charge is -2.31. The quantitative estimate of drug-likeness (QED) is 0.889. The number of carbonyl (C=O) groups is 1. The highest BCUT2D eigenvalue weighted by Crippen LogP contribution is 2.27. The summed E-state index contributed by atoms with van der Waals surface area (Å²) in [5, 5.41) is 6.67. The molecule has 2 rings (SSSR count). The van der Waals surface area contributed by atoms with Gasteiger partial charge in [0.05, 0.1) is 5.56 Å². The van der Waals surface area contributed by atoms with Gasteiger partial charge in [0.15, 0.2) is 0 Å². The molecule has 0 aliphatic heterocycles. The van der Waals surface area contributed by atoms with E-state index in [1.54, 1.807) is 19.3 Å². The molecular formula is C14H21N3OS. The van der Waals surface area contributed by atoms with Crippen molar-refractivity contribution in [1.29, 1.82) is 0 Å². The van der Waals surface area contributed by atoms with Crippen LogP contribution in [0.2, 0.25) is 0 Å². The monoisotopic (exact) mass is 279 g/mol. The van der Waals surface area contributed by atoms with Crippen LogP contribution in [-0.2, 0) is 0 Å². The standard InChI is InChI=1S/C14H21N3OS/c1-15-13-10(6-5-9-16-13)14(18)17-11-7-3-4-8-12(11)19-2/h5-6,9,11-12H,3-4,7-8H2,1-2H3,(H,15,16)(H,17,18). The normalized spacial score (nSPS) is 22.8. The average Bonchev–Trinajstić information content (AvgIpc) is 2.47. The first-order valence-corrected chi connectivity index (χ1v) is 8.01. The molecule has 1 aromatic rings. The van der Waals surface area contributed by atoms with Crippen LogP contribution in [0.1, 0.15) is 36.0 Å². The number of carbonyl (C=O) groups excluding carboxylic acids is 1. The molecule has 1 aliphatic carbocycles. The van der Waals surface area contributed by atoms with Gasteiger partial charge in [-0.1, -0.05) is 12.8 Å². The van der Waals surface area contributed by atoms with E-state index in [0.717, 1.165) is 6.42 Å². The molecule has 104 valence electrons. The molecule has 0 radical (unpaired) electrons. The topological polar surface area (TPSA) is 54.0 Å². The number of hydrogen-bond donors (Lipinski definition) is 2. The molecule has 0 saturated heterocycles. The number of anilines is 1. The molecule has 5 heteroatoms. The molecule has 1 fully saturated rings. The molecule has 1 saturated carbocycles. The highest BCUT2D eigenvalue weighted by molar-refractivity contribution is 7.99. The van der Waals surface area contributed by atoms with Crippen molar-refractivity contribution >= 4 is 23.5 Å². The SMILES string of the molecule is CNc1ncccc1C(=O)NC1CCCCC1SC. The molecule has 4 nitrogen and oxygen atoms in total. The van der Waals surface area contributed by atoms with E-state index in [-0.39, 0.29) is 11.9 Å². The van der Waals surface area contributed by atoms with E-state index in [0.29, 0.717) is 16.6 Å². The second-order valence-electron chi connectivity index (χ2n) is 4.79. The second kappa shape index (κ2) is 6.80. The van der Waals surface area contributed by atoms with Crippen molar-refractivity contribution in [1.82, 2.24) is 10.3 Å². The molecule has 1 aromatic heterocycles. The maximum atomic E-state index is 12.4. The Morgan fingerprint density at radius 1 is 1.42 bits per heavy atom. The minimum absolute atomic E-state index is 0.0246. The Morgan fingerprint density at radius 2 is 2.21 bits per heavy atom. The van der Waals surface area contributed by atoms with Gasteiger partial charge in [-0.05, 0) is 31.2 Å². The Balaban J connectivity index is 2.07. The van der Waals surface area contributed by atoms with Gasteiger partial charge in [0.25, 0.3) is 5.91 Å². The van der Waals surface area contributed by atoms with Gasteiger partial charge in [-0.15, -0.1) is 0 Å². The van der Waals surface area contributed by atoms with Gasteiger partial charge in [-0.2, -0.15) is 11.8 Å². The molecule has 0 aromatic carbocycles. The van der Waals surface area contributed by atoms with Crippen LogP contribution < -0.4 is 10.6 Å². The van der Waals surface area contributed by atoms with Crippen LogP contribution in [-0.4, -0.2) is 35.5 Å². The zero-order valence-electron chi connectivity index (χ0n) is 11.5. The van der Waals surface area contributed by atoms with E-state index in [1.807, 2.05) is 17.8 Å². The summed E-state index contributed by atoms with van der Waals surface area (Å²) in [6.07, 6.45) is 8.55. The van der Waals surface area contributed by atoms with E-state index >= 15 is 0 Å². The number of pyridine rings is 1. The van der Waals surface area contributed by atoms with Crippen LogP contribution in [0, 0.1) is 0 Å². The number of hydrogen-bond acceptors (Lipinski definition) is 4. The molecule has 1 aliphatic rings. The van der Waals surface area contributed by atoms with Gasteiger partial charge >= 0.3 is 0 Å². The number of nitrogens with one attached hydrogen (secondary N) is 2. The first-order valence-electron chi connectivity index (χ1n) is 6.72. The van der Waals surface area contributed by atoms with Crippen molar-refractivity contribution in [2.45, 2.75) is 37.0 Å². The largest absolute Gasteiger partial charge is 0.372 e. The van der Waals surface area contributed by atoms with Gasteiger partial charge < -0.3 is 10.6 Å². The zero-order valence-corrected chi connectivity index (χ0v) is 12.3. The van der Waals surface area contributed by atoms with Crippen molar-refractivity contribution < 1.29 is 4.79 Å².